The number of carbonyl (C=O) groups excluding carboxylic acids is 9. The fraction of sp³-hybridized carbons (Fsp3) is 0.354. The molecule has 23 nitrogen and oxygen atoms in total. The number of hydrogen-bond acceptors (Lipinski definition) is 21. The van der Waals surface area contributed by atoms with E-state index in [0.29, 0.717) is 108 Å². The lowest BCUT2D eigenvalue weighted by molar-refractivity contribution is -0.423. The molecule has 8 atom stereocenters. The minimum atomic E-state index is 0.0230. The van der Waals surface area contributed by atoms with E-state index in [-0.39, 0.29) is 88.1 Å². The summed E-state index contributed by atoms with van der Waals surface area (Å²) in [6.07, 6.45) is 31.1. The Labute approximate surface area is 821 Å². The standard InChI is InChI=1S/C32H33N3O3S.C28H29N4O3S.C28H29N3O2S.C25H27N3O2/c1-3-24(36)12-13-25-14-16-31(39-25)30(38)19-21-8-7-9-23(18-21)35-28-15-11-22(29(37)4-2)20-27(28)34-32(35)26-10-5-6-17-33-26;1-3-24(33)19-10-11-23-22(17-19)30-28(21-9-4-5-14-29-21)32(23)20-8-6-7-18(15-20)16-25(34)26-12-13-27(36-26)31(2)35;1-3-25(32)20-11-12-24-23(17-20)30-28(22-9-4-5-14-29-22)31(24)21-8-6-7-19(15-21)16-26(33)27-13-10-18(2)34-27;1-3-20(29)15-17-8-7-9-19(14-17)28-23-12-11-18(24(30)4-2)16-22(23)27-25(28)21-10-5-6-13-26-21/h3,5-6,10-11,14-17,20-21,23H,1,4,7-9,12-13,18-19H2,2H3;4-5,9-14,17-18,20H,3,6-8,15-16H2,1-2H3;4-5,9-14,17,19,21H,3,6-8,15-16H2,1-2H3;3,5-6,10-13,16-17,19H,1,4,7-9,14-15H2,2H3/q;+1;;/t21-,23+;18-,20+;19-,21+;17-,19+/m0000/s1. The predicted octanol–water partition coefficient (Wildman–Crippen LogP) is 26.9. The number of nitrogens with zero attached hydrogens (tertiary/aromatic N) is 13. The van der Waals surface area contributed by atoms with Crippen LogP contribution in [0.1, 0.15) is 293 Å². The molecule has 712 valence electrons. The molecule has 4 fully saturated rings. The highest BCUT2D eigenvalue weighted by Crippen LogP contribution is 2.46. The van der Waals surface area contributed by atoms with Crippen molar-refractivity contribution < 1.29 is 47.9 Å². The minimum Gasteiger partial charge on any atom is -0.320 e. The van der Waals surface area contributed by atoms with Gasteiger partial charge in [-0.15, -0.1) is 22.7 Å². The van der Waals surface area contributed by atoms with Crippen molar-refractivity contribution in [1.29, 1.82) is 0 Å². The molecule has 0 aliphatic heterocycles. The summed E-state index contributed by atoms with van der Waals surface area (Å²) < 4.78 is 9.94. The number of aryl methyl sites for hydroxylation is 2. The molecule has 0 N–H and O–H groups in total. The number of benzene rings is 4. The number of aromatic nitrogens is 12. The molecule has 0 saturated heterocycles. The number of allylic oxidation sites excluding steroid dienone is 2. The van der Waals surface area contributed by atoms with E-state index in [0.717, 1.165) is 212 Å². The molecule has 4 aliphatic rings. The summed E-state index contributed by atoms with van der Waals surface area (Å²) in [6, 6.07) is 58.7. The molecule has 0 unspecified atom stereocenters. The Morgan fingerprint density at radius 1 is 0.360 bits per heavy atom. The first-order chi connectivity index (χ1) is 67.5. The maximum Gasteiger partial charge on any atom is 0.311 e. The van der Waals surface area contributed by atoms with Crippen LogP contribution in [-0.4, -0.2) is 122 Å². The van der Waals surface area contributed by atoms with Crippen molar-refractivity contribution in [3.8, 4) is 46.1 Å². The highest BCUT2D eigenvalue weighted by atomic mass is 32.1. The highest BCUT2D eigenvalue weighted by Gasteiger charge is 2.36. The summed E-state index contributed by atoms with van der Waals surface area (Å²) in [7, 11) is 1.45. The fourth-order valence-corrected chi connectivity index (χ4v) is 23.1. The fourth-order valence-electron chi connectivity index (χ4n) is 20.5. The zero-order valence-corrected chi connectivity index (χ0v) is 82.3. The van der Waals surface area contributed by atoms with Gasteiger partial charge >= 0.3 is 5.00 Å². The Hall–Kier alpha value is -13.4. The van der Waals surface area contributed by atoms with E-state index in [1.807, 2.05) is 204 Å². The van der Waals surface area contributed by atoms with Crippen molar-refractivity contribution in [2.45, 2.75) is 226 Å². The van der Waals surface area contributed by atoms with Crippen molar-refractivity contribution in [1.82, 2.24) is 58.1 Å². The van der Waals surface area contributed by atoms with E-state index in [1.54, 1.807) is 48.3 Å². The summed E-state index contributed by atoms with van der Waals surface area (Å²) in [5.74, 6) is 5.60. The van der Waals surface area contributed by atoms with Gasteiger partial charge in [-0.05, 0) is 278 Å². The van der Waals surface area contributed by atoms with E-state index in [1.165, 1.54) is 46.8 Å². The van der Waals surface area contributed by atoms with Gasteiger partial charge in [-0.3, -0.25) is 63.1 Å². The number of fused-ring (bicyclic) bond motifs is 4. The molecule has 26 heteroatoms. The maximum absolute atomic E-state index is 13.2. The number of pyridine rings is 4. The molecule has 139 heavy (non-hydrogen) atoms. The van der Waals surface area contributed by atoms with Crippen LogP contribution in [0.15, 0.2) is 232 Å². The van der Waals surface area contributed by atoms with Crippen LogP contribution in [-0.2, 0) is 16.0 Å². The number of imidazole rings is 4. The van der Waals surface area contributed by atoms with Crippen LogP contribution < -0.4 is 0 Å². The highest BCUT2D eigenvalue weighted by molar-refractivity contribution is 7.17. The van der Waals surface area contributed by atoms with Crippen molar-refractivity contribution in [2.24, 2.45) is 23.7 Å². The molecule has 0 bridgehead atoms. The molecule has 4 aromatic carbocycles. The first-order valence-electron chi connectivity index (χ1n) is 49.0. The smallest absolute Gasteiger partial charge is 0.311 e. The second kappa shape index (κ2) is 45.9. The van der Waals surface area contributed by atoms with Crippen molar-refractivity contribution >= 4 is 135 Å². The van der Waals surface area contributed by atoms with Crippen molar-refractivity contribution in [2.75, 3.05) is 7.05 Å². The molecule has 4 aliphatic carbocycles. The number of Topliss-reactive ketones (excluding diaryl/α,β-unsaturated/α-hetero) is 7. The zero-order chi connectivity index (χ0) is 97.3. The summed E-state index contributed by atoms with van der Waals surface area (Å²) in [5, 5.41) is 0.547. The second-order valence-corrected chi connectivity index (χ2v) is 40.5. The van der Waals surface area contributed by atoms with Gasteiger partial charge in [0.1, 0.15) is 22.8 Å². The van der Waals surface area contributed by atoms with Crippen LogP contribution in [0.25, 0.3) is 90.2 Å². The third-order valence-electron chi connectivity index (χ3n) is 27.5. The average Bonchev–Trinajstić information content (AvgIpc) is 1.63. The van der Waals surface area contributed by atoms with Gasteiger partial charge in [-0.25, -0.2) is 19.9 Å². The average molecular weight is 1910 g/mol. The Morgan fingerprint density at radius 2 is 0.669 bits per heavy atom. The van der Waals surface area contributed by atoms with E-state index in [9.17, 15) is 48.1 Å². The van der Waals surface area contributed by atoms with Gasteiger partial charge in [-0.2, -0.15) is 0 Å². The van der Waals surface area contributed by atoms with Gasteiger partial charge in [0, 0.05) is 154 Å². The summed E-state index contributed by atoms with van der Waals surface area (Å²) in [4.78, 5) is 166. The molecule has 19 rings (SSSR count). The van der Waals surface area contributed by atoms with Crippen LogP contribution in [0.5, 0.6) is 0 Å². The molecule has 0 radical (unpaired) electrons. The van der Waals surface area contributed by atoms with Crippen LogP contribution in [0, 0.1) is 35.5 Å². The Kier molecular flexibility index (Phi) is 32.6. The minimum absolute atomic E-state index is 0.0230. The molecule has 11 heterocycles. The Bertz CT molecular complexity index is 7040. The van der Waals surface area contributed by atoms with Crippen LogP contribution >= 0.6 is 34.0 Å². The monoisotopic (exact) mass is 1910 g/mol. The topological polar surface area (TPSA) is 297 Å². The number of carbonyl (C=O) groups is 9. The maximum atomic E-state index is 13.2. The molecular formula is C113H118N13O10S3+. The quantitative estimate of drug-likeness (QED) is 0.0210. The predicted molar refractivity (Wildman–Crippen MR) is 551 cm³/mol. The number of ketones is 9. The largest absolute Gasteiger partial charge is 0.320 e. The summed E-state index contributed by atoms with van der Waals surface area (Å²) in [5.41, 5.74) is 13.3. The Morgan fingerprint density at radius 3 is 0.957 bits per heavy atom. The number of rotatable bonds is 33. The lowest BCUT2D eigenvalue weighted by Crippen LogP contribution is -2.22. The normalized spacial score (nSPS) is 18.0. The van der Waals surface area contributed by atoms with Gasteiger partial charge < -0.3 is 18.3 Å². The van der Waals surface area contributed by atoms with Crippen molar-refractivity contribution in [3.05, 3.63) is 284 Å². The van der Waals surface area contributed by atoms with Gasteiger partial charge in [0.2, 0.25) is 0 Å². The SMILES string of the molecule is C=CC(=O)CCc1ccc(C(=O)C[C@H]2CCC[C@@H](n3c(-c4ccccn4)nc4cc(C(=O)CC)ccc43)C2)s1.C=CC(=O)C[C@H]1CCC[C@@H](n2c(-c3ccccn3)nc3cc(C(=O)CC)ccc32)C1.CCC(=O)c1ccc2c(c1)nc(-c1ccccn1)n2[C@@H]1CCC[C@H](CC(=O)c2ccc(C)s2)C1.CCC(=O)c1ccc2c(c1)nc(-c1ccccn1)n2[C@@H]1CCC[C@H](CC(=O)c2ccc([N+](C)=O)s2)C1. The molecule has 0 amide bonds. The summed E-state index contributed by atoms with van der Waals surface area (Å²) >= 11 is 4.35. The number of hydrogen-bond donors (Lipinski definition) is 0. The molecule has 0 spiro atoms. The molecular weight excluding hydrogens is 1800 g/mol. The first-order valence-corrected chi connectivity index (χ1v) is 51.4. The Balaban J connectivity index is 0.000000134. The van der Waals surface area contributed by atoms with Gasteiger partial charge in [0.15, 0.2) is 82.4 Å². The lowest BCUT2D eigenvalue weighted by atomic mass is 9.82. The van der Waals surface area contributed by atoms with Gasteiger partial charge in [0.05, 0.1) is 58.8 Å². The van der Waals surface area contributed by atoms with Crippen LogP contribution in [0.2, 0.25) is 0 Å². The number of nitroso groups, excluding NO2 is 1. The lowest BCUT2D eigenvalue weighted by Gasteiger charge is -2.31. The first kappa shape index (κ1) is 98.6. The zero-order valence-electron chi connectivity index (χ0n) is 79.8. The molecule has 11 aromatic heterocycles. The third kappa shape index (κ3) is 23.4. The van der Waals surface area contributed by atoms with Gasteiger partial charge in [0.25, 0.3) is 0 Å². The van der Waals surface area contributed by atoms with E-state index in [4.69, 9.17) is 19.9 Å². The van der Waals surface area contributed by atoms with E-state index < -0.39 is 0 Å². The number of thiophene rings is 3. The molecule has 4 saturated carbocycles. The van der Waals surface area contributed by atoms with Crippen LogP contribution in [0.3, 0.4) is 0 Å². The van der Waals surface area contributed by atoms with E-state index in [2.05, 4.69) is 51.4 Å². The second-order valence-electron chi connectivity index (χ2n) is 37.0. The van der Waals surface area contributed by atoms with Gasteiger partial charge in [-0.1, -0.05) is 102 Å². The molecule has 15 aromatic rings. The summed E-state index contributed by atoms with van der Waals surface area (Å²) in [6.45, 7) is 16.7. The van der Waals surface area contributed by atoms with Crippen molar-refractivity contribution in [3.63, 3.8) is 0 Å². The third-order valence-corrected chi connectivity index (χ3v) is 30.9. The van der Waals surface area contributed by atoms with Crippen LogP contribution in [0.4, 0.5) is 5.00 Å². The van der Waals surface area contributed by atoms with E-state index >= 15 is 0 Å².